The largest absolute Gasteiger partial charge is 0.389 e. The molecule has 0 saturated carbocycles. The molecule has 0 fully saturated rings. The highest BCUT2D eigenvalue weighted by Crippen LogP contribution is 2.23. The summed E-state index contributed by atoms with van der Waals surface area (Å²) in [5, 5.41) is 3.02. The summed E-state index contributed by atoms with van der Waals surface area (Å²) >= 11 is 0. The van der Waals surface area contributed by atoms with Gasteiger partial charge in [-0.05, 0) is 54.9 Å². The lowest BCUT2D eigenvalue weighted by Crippen LogP contribution is -2.03. The van der Waals surface area contributed by atoms with Crippen LogP contribution in [0.4, 0.5) is 5.69 Å². The first-order chi connectivity index (χ1) is 14.2. The Morgan fingerprint density at radius 3 is 2.23 bits per heavy atom. The highest BCUT2D eigenvalue weighted by Gasteiger charge is 2.08. The summed E-state index contributed by atoms with van der Waals surface area (Å²) in [6, 6.07) is 6.37. The molecule has 0 unspecified atom stereocenters. The number of nitrogens with one attached hydrogen (secondary N) is 1. The first-order valence-corrected chi connectivity index (χ1v) is 11.9. The number of allylic oxidation sites excluding steroid dienone is 1. The van der Waals surface area contributed by atoms with Crippen molar-refractivity contribution in [3.8, 4) is 0 Å². The summed E-state index contributed by atoms with van der Waals surface area (Å²) in [6.07, 6.45) is 15.0. The van der Waals surface area contributed by atoms with E-state index in [-0.39, 0.29) is 0 Å². The van der Waals surface area contributed by atoms with Crippen LogP contribution >= 0.6 is 0 Å². The Kier molecular flexibility index (Phi) is 19.4. The third-order valence-corrected chi connectivity index (χ3v) is 4.27. The first kappa shape index (κ1) is 30.4. The van der Waals surface area contributed by atoms with Crippen LogP contribution in [0.3, 0.4) is 0 Å². The average molecular weight is 415 g/mol. The Hall–Kier alpha value is -1.83. The van der Waals surface area contributed by atoms with Crippen LogP contribution in [0.5, 0.6) is 0 Å². The second-order valence-corrected chi connectivity index (χ2v) is 8.69. The molecule has 1 N–H and O–H groups in total. The van der Waals surface area contributed by atoms with Gasteiger partial charge in [-0.25, -0.2) is 0 Å². The Morgan fingerprint density at radius 1 is 1.07 bits per heavy atom. The van der Waals surface area contributed by atoms with Crippen LogP contribution in [0.1, 0.15) is 105 Å². The van der Waals surface area contributed by atoms with Gasteiger partial charge in [0, 0.05) is 19.0 Å². The van der Waals surface area contributed by atoms with Crippen LogP contribution in [0.2, 0.25) is 0 Å². The lowest BCUT2D eigenvalue weighted by atomic mass is 9.89. The molecule has 0 radical (unpaired) electrons. The van der Waals surface area contributed by atoms with E-state index in [1.54, 1.807) is 0 Å². The van der Waals surface area contributed by atoms with Crippen LogP contribution in [-0.4, -0.2) is 13.3 Å². The minimum Gasteiger partial charge on any atom is -0.389 e. The fourth-order valence-corrected chi connectivity index (χ4v) is 2.56. The number of likely N-dealkylation sites (N-methyl/N-ethyl adjacent to an activating group) is 1. The highest BCUT2D eigenvalue weighted by atomic mass is 14.8. The van der Waals surface area contributed by atoms with Crippen molar-refractivity contribution in [2.24, 2.45) is 10.4 Å². The molecule has 30 heavy (non-hydrogen) atoms. The molecule has 0 aliphatic rings. The van der Waals surface area contributed by atoms with E-state index in [4.69, 9.17) is 0 Å². The Bertz CT molecular complexity index is 604. The zero-order valence-electron chi connectivity index (χ0n) is 21.6. The maximum absolute atomic E-state index is 4.67. The van der Waals surface area contributed by atoms with Crippen molar-refractivity contribution in [1.82, 2.24) is 5.32 Å². The SMILES string of the molecule is C=C(/C=C/c1ccc(C)c(N=CCCCCCCC(C)(C)C)c1)NC.CC.CCC. The minimum absolute atomic E-state index is 0.470. The predicted octanol–water partition coefficient (Wildman–Crippen LogP) is 9.27. The molecule has 0 aromatic heterocycles. The molecule has 1 aromatic rings. The first-order valence-electron chi connectivity index (χ1n) is 11.9. The fraction of sp³-hybridized carbons (Fsp3) is 0.607. The summed E-state index contributed by atoms with van der Waals surface area (Å²) < 4.78 is 0. The Labute approximate surface area is 189 Å². The fourth-order valence-electron chi connectivity index (χ4n) is 2.56. The van der Waals surface area contributed by atoms with Crippen molar-refractivity contribution < 1.29 is 0 Å². The number of rotatable bonds is 10. The van der Waals surface area contributed by atoms with Gasteiger partial charge >= 0.3 is 0 Å². The van der Waals surface area contributed by atoms with Gasteiger partial charge in [0.25, 0.3) is 0 Å². The summed E-state index contributed by atoms with van der Waals surface area (Å²) in [4.78, 5) is 4.67. The number of benzene rings is 1. The van der Waals surface area contributed by atoms with Gasteiger partial charge in [-0.1, -0.05) is 98.9 Å². The predicted molar refractivity (Wildman–Crippen MR) is 141 cm³/mol. The summed E-state index contributed by atoms with van der Waals surface area (Å²) in [7, 11) is 1.88. The maximum atomic E-state index is 4.67. The molecule has 0 spiro atoms. The van der Waals surface area contributed by atoms with Crippen molar-refractivity contribution in [2.45, 2.75) is 100 Å². The third kappa shape index (κ3) is 18.2. The monoisotopic (exact) mass is 414 g/mol. The topological polar surface area (TPSA) is 24.4 Å². The normalized spacial score (nSPS) is 11.0. The van der Waals surface area contributed by atoms with Crippen LogP contribution < -0.4 is 5.32 Å². The second kappa shape index (κ2) is 19.2. The van der Waals surface area contributed by atoms with Gasteiger partial charge in [-0.15, -0.1) is 0 Å². The van der Waals surface area contributed by atoms with Crippen LogP contribution in [0.15, 0.2) is 41.5 Å². The molecule has 1 aromatic carbocycles. The van der Waals surface area contributed by atoms with Crippen molar-refractivity contribution in [3.05, 3.63) is 47.7 Å². The van der Waals surface area contributed by atoms with E-state index in [0.29, 0.717) is 5.41 Å². The molecule has 0 saturated heterocycles. The molecule has 2 nitrogen and oxygen atoms in total. The number of aryl methyl sites for hydroxylation is 1. The van der Waals surface area contributed by atoms with Crippen LogP contribution in [-0.2, 0) is 0 Å². The van der Waals surface area contributed by atoms with Crippen molar-refractivity contribution in [3.63, 3.8) is 0 Å². The molecular weight excluding hydrogens is 364 g/mol. The number of nitrogens with zero attached hydrogens (tertiary/aromatic N) is 1. The van der Waals surface area contributed by atoms with Crippen LogP contribution in [0.25, 0.3) is 6.08 Å². The molecule has 0 aliphatic carbocycles. The van der Waals surface area contributed by atoms with Gasteiger partial charge in [0.05, 0.1) is 5.69 Å². The third-order valence-electron chi connectivity index (χ3n) is 4.27. The molecule has 2 heteroatoms. The molecule has 0 atom stereocenters. The quantitative estimate of drug-likeness (QED) is 0.230. The zero-order chi connectivity index (χ0) is 23.4. The summed E-state index contributed by atoms with van der Waals surface area (Å²) in [5.74, 6) is 0. The molecule has 0 bridgehead atoms. The van der Waals surface area contributed by atoms with Crippen molar-refractivity contribution in [1.29, 1.82) is 0 Å². The van der Waals surface area contributed by atoms with Gasteiger partial charge < -0.3 is 5.32 Å². The van der Waals surface area contributed by atoms with E-state index in [9.17, 15) is 0 Å². The van der Waals surface area contributed by atoms with E-state index in [2.05, 4.69) is 88.9 Å². The van der Waals surface area contributed by atoms with Gasteiger partial charge in [0.2, 0.25) is 0 Å². The van der Waals surface area contributed by atoms with Crippen LogP contribution in [0, 0.1) is 12.3 Å². The molecule has 0 aliphatic heterocycles. The molecule has 0 amide bonds. The summed E-state index contributed by atoms with van der Waals surface area (Å²) in [5.41, 5.74) is 4.79. The van der Waals surface area contributed by atoms with Crippen molar-refractivity contribution in [2.75, 3.05) is 7.05 Å². The number of aliphatic imine (C=N–C) groups is 1. The maximum Gasteiger partial charge on any atom is 0.0660 e. The van der Waals surface area contributed by atoms with E-state index in [1.807, 2.05) is 27.0 Å². The average Bonchev–Trinajstić information content (AvgIpc) is 2.71. The van der Waals surface area contributed by atoms with E-state index >= 15 is 0 Å². The highest BCUT2D eigenvalue weighted by molar-refractivity contribution is 5.67. The molecule has 1 rings (SSSR count). The lowest BCUT2D eigenvalue weighted by Gasteiger charge is -2.17. The smallest absolute Gasteiger partial charge is 0.0660 e. The Morgan fingerprint density at radius 2 is 1.67 bits per heavy atom. The minimum atomic E-state index is 0.470. The summed E-state index contributed by atoms with van der Waals surface area (Å²) in [6.45, 7) is 21.2. The second-order valence-electron chi connectivity index (χ2n) is 8.69. The Balaban J connectivity index is 0. The van der Waals surface area contributed by atoms with Gasteiger partial charge in [-0.3, -0.25) is 4.99 Å². The molecule has 172 valence electrons. The number of hydrogen-bond donors (Lipinski definition) is 1. The number of hydrogen-bond acceptors (Lipinski definition) is 2. The standard InChI is InChI=1S/C23H36N2.C3H8.C2H6/c1-19-12-14-21(15-13-20(2)24-6)18-22(19)25-17-11-9-7-8-10-16-23(3,4)5;1-3-2;1-2/h12-15,17-18,24H,2,7-11,16H2,1,3-6H3;3H2,1-2H3;1-2H3/b15-13+,25-17?;;. The lowest BCUT2D eigenvalue weighted by molar-refractivity contribution is 0.357. The molecule has 0 heterocycles. The van der Waals surface area contributed by atoms with Gasteiger partial charge in [0.15, 0.2) is 0 Å². The van der Waals surface area contributed by atoms with Gasteiger partial charge in [0.1, 0.15) is 0 Å². The van der Waals surface area contributed by atoms with Gasteiger partial charge in [-0.2, -0.15) is 0 Å². The van der Waals surface area contributed by atoms with Crippen molar-refractivity contribution >= 4 is 18.0 Å². The van der Waals surface area contributed by atoms with E-state index in [1.165, 1.54) is 44.1 Å². The van der Waals surface area contributed by atoms with E-state index < -0.39 is 0 Å². The molecular formula is C28H50N2. The van der Waals surface area contributed by atoms with E-state index in [0.717, 1.165) is 23.4 Å². The number of unbranched alkanes of at least 4 members (excludes halogenated alkanes) is 4. The zero-order valence-corrected chi connectivity index (χ0v) is 21.6.